The van der Waals surface area contributed by atoms with E-state index < -0.39 is 0 Å². The molecule has 150 valence electrons. The van der Waals surface area contributed by atoms with Gasteiger partial charge in [0.05, 0.1) is 22.6 Å². The zero-order valence-corrected chi connectivity index (χ0v) is 17.8. The van der Waals surface area contributed by atoms with Crippen molar-refractivity contribution in [1.29, 1.82) is 0 Å². The minimum atomic E-state index is 0.0599. The summed E-state index contributed by atoms with van der Waals surface area (Å²) < 4.78 is 1.86. The molecule has 1 aromatic heterocycles. The minimum Gasteiger partial charge on any atom is -0.368 e. The van der Waals surface area contributed by atoms with E-state index in [1.807, 2.05) is 72.0 Å². The first-order valence-corrected chi connectivity index (χ1v) is 10.3. The van der Waals surface area contributed by atoms with Gasteiger partial charge in [0.25, 0.3) is 5.91 Å². The predicted molar refractivity (Wildman–Crippen MR) is 117 cm³/mol. The van der Waals surface area contributed by atoms with Crippen LogP contribution >= 0.6 is 11.6 Å². The van der Waals surface area contributed by atoms with Crippen LogP contribution in [0, 0.1) is 20.8 Å². The normalized spacial score (nSPS) is 14.3. The summed E-state index contributed by atoms with van der Waals surface area (Å²) in [6.07, 6.45) is 0. The van der Waals surface area contributed by atoms with E-state index in [0.29, 0.717) is 18.7 Å². The summed E-state index contributed by atoms with van der Waals surface area (Å²) >= 11 is 6.18. The molecule has 1 fully saturated rings. The first kappa shape index (κ1) is 19.5. The first-order chi connectivity index (χ1) is 14.0. The van der Waals surface area contributed by atoms with Gasteiger partial charge in [-0.15, -0.1) is 0 Å². The second-order valence-corrected chi connectivity index (χ2v) is 7.94. The summed E-state index contributed by atoms with van der Waals surface area (Å²) in [4.78, 5) is 17.5. The Bertz CT molecular complexity index is 1040. The number of anilines is 1. The fraction of sp³-hybridized carbons (Fsp3) is 0.304. The molecule has 0 atom stereocenters. The van der Waals surface area contributed by atoms with Gasteiger partial charge >= 0.3 is 0 Å². The zero-order valence-electron chi connectivity index (χ0n) is 17.0. The van der Waals surface area contributed by atoms with Crippen LogP contribution in [0.4, 0.5) is 5.69 Å². The van der Waals surface area contributed by atoms with Gasteiger partial charge in [0, 0.05) is 36.9 Å². The fourth-order valence-electron chi connectivity index (χ4n) is 4.00. The highest BCUT2D eigenvalue weighted by Crippen LogP contribution is 2.26. The number of nitrogens with zero attached hydrogens (tertiary/aromatic N) is 4. The lowest BCUT2D eigenvalue weighted by atomic mass is 10.1. The Morgan fingerprint density at radius 1 is 0.966 bits per heavy atom. The number of carbonyl (C=O) groups excluding carboxylic acids is 1. The maximum absolute atomic E-state index is 13.3. The molecule has 2 heterocycles. The zero-order chi connectivity index (χ0) is 20.5. The van der Waals surface area contributed by atoms with Crippen molar-refractivity contribution >= 4 is 23.2 Å². The smallest absolute Gasteiger partial charge is 0.257 e. The average Bonchev–Trinajstić information content (AvgIpc) is 3.04. The van der Waals surface area contributed by atoms with Crippen LogP contribution in [0.1, 0.15) is 27.3 Å². The molecule has 3 aromatic rings. The van der Waals surface area contributed by atoms with Crippen LogP contribution < -0.4 is 4.90 Å². The Hall–Kier alpha value is -2.79. The summed E-state index contributed by atoms with van der Waals surface area (Å²) in [7, 11) is 0. The van der Waals surface area contributed by atoms with Crippen LogP contribution in [0.5, 0.6) is 0 Å². The second kappa shape index (κ2) is 7.91. The highest BCUT2D eigenvalue weighted by molar-refractivity contribution is 6.30. The fourth-order valence-corrected chi connectivity index (χ4v) is 4.17. The lowest BCUT2D eigenvalue weighted by Crippen LogP contribution is -2.49. The number of para-hydroxylation sites is 1. The van der Waals surface area contributed by atoms with Gasteiger partial charge in [-0.1, -0.05) is 35.9 Å². The number of rotatable bonds is 3. The number of hydrogen-bond donors (Lipinski definition) is 0. The number of carbonyl (C=O) groups is 1. The maximum Gasteiger partial charge on any atom is 0.257 e. The average molecular weight is 409 g/mol. The van der Waals surface area contributed by atoms with E-state index in [0.717, 1.165) is 40.9 Å². The van der Waals surface area contributed by atoms with E-state index in [9.17, 15) is 4.79 Å². The van der Waals surface area contributed by atoms with Gasteiger partial charge in [-0.2, -0.15) is 5.10 Å². The predicted octanol–water partition coefficient (Wildman–Crippen LogP) is 4.41. The van der Waals surface area contributed by atoms with Crippen molar-refractivity contribution in [2.75, 3.05) is 31.1 Å². The highest BCUT2D eigenvalue weighted by atomic mass is 35.5. The molecule has 0 aliphatic carbocycles. The molecule has 0 N–H and O–H groups in total. The molecular weight excluding hydrogens is 384 g/mol. The van der Waals surface area contributed by atoms with Crippen LogP contribution in [0.3, 0.4) is 0 Å². The van der Waals surface area contributed by atoms with Gasteiger partial charge in [0.2, 0.25) is 0 Å². The van der Waals surface area contributed by atoms with Crippen LogP contribution in [0.2, 0.25) is 5.02 Å². The van der Waals surface area contributed by atoms with Crippen LogP contribution in [0.15, 0.2) is 48.5 Å². The third kappa shape index (κ3) is 3.75. The number of hydrogen-bond acceptors (Lipinski definition) is 3. The third-order valence-corrected chi connectivity index (χ3v) is 5.82. The molecule has 0 spiro atoms. The van der Waals surface area contributed by atoms with Crippen LogP contribution in [-0.2, 0) is 0 Å². The summed E-state index contributed by atoms with van der Waals surface area (Å²) in [5.41, 5.74) is 5.67. The van der Waals surface area contributed by atoms with E-state index >= 15 is 0 Å². The van der Waals surface area contributed by atoms with E-state index in [4.69, 9.17) is 11.6 Å². The quantitative estimate of drug-likeness (QED) is 0.644. The summed E-state index contributed by atoms with van der Waals surface area (Å²) in [6.45, 7) is 8.90. The van der Waals surface area contributed by atoms with Crippen molar-refractivity contribution < 1.29 is 4.79 Å². The molecule has 4 rings (SSSR count). The van der Waals surface area contributed by atoms with Crippen molar-refractivity contribution in [3.63, 3.8) is 0 Å². The monoisotopic (exact) mass is 408 g/mol. The Morgan fingerprint density at radius 3 is 2.34 bits per heavy atom. The molecule has 5 nitrogen and oxygen atoms in total. The number of halogens is 1. The second-order valence-electron chi connectivity index (χ2n) is 7.50. The van der Waals surface area contributed by atoms with Crippen molar-refractivity contribution in [2.45, 2.75) is 20.8 Å². The Balaban J connectivity index is 1.52. The van der Waals surface area contributed by atoms with Gasteiger partial charge < -0.3 is 9.80 Å². The molecular formula is C23H25ClN4O. The Labute approximate surface area is 176 Å². The van der Waals surface area contributed by atoms with Crippen molar-refractivity contribution in [3.8, 4) is 5.69 Å². The maximum atomic E-state index is 13.3. The van der Waals surface area contributed by atoms with E-state index in [1.54, 1.807) is 0 Å². The summed E-state index contributed by atoms with van der Waals surface area (Å²) in [5.74, 6) is 0.0599. The molecule has 1 aliphatic rings. The Kier molecular flexibility index (Phi) is 5.33. The third-order valence-electron chi connectivity index (χ3n) is 5.58. The SMILES string of the molecule is Cc1ccc(Cl)cc1N1CCN(C(=O)c2c(C)nn(-c3ccccc3)c2C)CC1. The van der Waals surface area contributed by atoms with Gasteiger partial charge in [-0.25, -0.2) is 4.68 Å². The number of piperazine rings is 1. The highest BCUT2D eigenvalue weighted by Gasteiger charge is 2.27. The topological polar surface area (TPSA) is 41.4 Å². The summed E-state index contributed by atoms with van der Waals surface area (Å²) in [6, 6.07) is 15.9. The van der Waals surface area contributed by atoms with Crippen molar-refractivity contribution in [1.82, 2.24) is 14.7 Å². The van der Waals surface area contributed by atoms with E-state index in [1.165, 1.54) is 5.56 Å². The first-order valence-electron chi connectivity index (χ1n) is 9.87. The van der Waals surface area contributed by atoms with Gasteiger partial charge in [-0.05, 0) is 50.6 Å². The molecule has 0 unspecified atom stereocenters. The standard InChI is InChI=1S/C23H25ClN4O/c1-16-9-10-19(24)15-21(16)26-11-13-27(14-12-26)23(29)22-17(2)25-28(18(22)3)20-7-5-4-6-8-20/h4-10,15H,11-14H2,1-3H3. The molecule has 1 saturated heterocycles. The number of benzene rings is 2. The molecule has 1 amide bonds. The van der Waals surface area contributed by atoms with Crippen molar-refractivity contribution in [2.24, 2.45) is 0 Å². The molecule has 6 heteroatoms. The Morgan fingerprint density at radius 2 is 1.66 bits per heavy atom. The van der Waals surface area contributed by atoms with E-state index in [2.05, 4.69) is 16.9 Å². The molecule has 0 radical (unpaired) electrons. The molecule has 1 aliphatic heterocycles. The molecule has 2 aromatic carbocycles. The largest absolute Gasteiger partial charge is 0.368 e. The molecule has 0 bridgehead atoms. The summed E-state index contributed by atoms with van der Waals surface area (Å²) in [5, 5.41) is 5.36. The minimum absolute atomic E-state index is 0.0599. The lowest BCUT2D eigenvalue weighted by Gasteiger charge is -2.37. The van der Waals surface area contributed by atoms with Gasteiger partial charge in [0.15, 0.2) is 0 Å². The van der Waals surface area contributed by atoms with E-state index in [-0.39, 0.29) is 5.91 Å². The van der Waals surface area contributed by atoms with Gasteiger partial charge in [0.1, 0.15) is 0 Å². The number of aryl methyl sites for hydroxylation is 2. The van der Waals surface area contributed by atoms with Gasteiger partial charge in [-0.3, -0.25) is 4.79 Å². The molecule has 29 heavy (non-hydrogen) atoms. The van der Waals surface area contributed by atoms with Crippen LogP contribution in [0.25, 0.3) is 5.69 Å². The van der Waals surface area contributed by atoms with Crippen LogP contribution in [-0.4, -0.2) is 46.8 Å². The van der Waals surface area contributed by atoms with Crippen molar-refractivity contribution in [3.05, 3.63) is 76.1 Å². The lowest BCUT2D eigenvalue weighted by molar-refractivity contribution is 0.0745. The number of aromatic nitrogens is 2. The number of amides is 1. The molecule has 0 saturated carbocycles.